The van der Waals surface area contributed by atoms with E-state index in [1.165, 1.54) is 32.1 Å². The number of aromatic nitrogens is 1. The number of hydrogen-bond donors (Lipinski definition) is 1. The van der Waals surface area contributed by atoms with Crippen LogP contribution < -0.4 is 4.74 Å². The molecule has 0 aliphatic heterocycles. The highest BCUT2D eigenvalue weighted by molar-refractivity contribution is 5.31. The van der Waals surface area contributed by atoms with Gasteiger partial charge in [-0.05, 0) is 18.4 Å². The van der Waals surface area contributed by atoms with E-state index in [1.807, 2.05) is 6.07 Å². The van der Waals surface area contributed by atoms with Gasteiger partial charge >= 0.3 is 0 Å². The van der Waals surface area contributed by atoms with Crippen molar-refractivity contribution in [2.24, 2.45) is 5.92 Å². The molecule has 1 atom stereocenters. The van der Waals surface area contributed by atoms with Gasteiger partial charge in [0.1, 0.15) is 5.75 Å². The summed E-state index contributed by atoms with van der Waals surface area (Å²) in [5.41, 5.74) is 0.869. The van der Waals surface area contributed by atoms with Gasteiger partial charge in [0, 0.05) is 11.8 Å². The summed E-state index contributed by atoms with van der Waals surface area (Å²) in [5.74, 6) is 1.35. The van der Waals surface area contributed by atoms with Crippen LogP contribution in [0.5, 0.6) is 5.75 Å². The van der Waals surface area contributed by atoms with Crippen LogP contribution in [0.4, 0.5) is 0 Å². The largest absolute Gasteiger partial charge is 0.495 e. The highest BCUT2D eigenvalue weighted by Gasteiger charge is 2.20. The van der Waals surface area contributed by atoms with E-state index >= 15 is 0 Å². The van der Waals surface area contributed by atoms with Crippen molar-refractivity contribution in [1.29, 1.82) is 0 Å². The molecular weight excluding hydrogens is 214 g/mol. The van der Waals surface area contributed by atoms with E-state index in [2.05, 4.69) is 4.98 Å². The molecule has 3 nitrogen and oxygen atoms in total. The minimum Gasteiger partial charge on any atom is -0.495 e. The van der Waals surface area contributed by atoms with Crippen molar-refractivity contribution in [2.75, 3.05) is 7.11 Å². The van der Waals surface area contributed by atoms with Crippen LogP contribution in [0, 0.1) is 5.92 Å². The Labute approximate surface area is 103 Å². The first kappa shape index (κ1) is 12.4. The molecule has 94 valence electrons. The van der Waals surface area contributed by atoms with Crippen molar-refractivity contribution < 1.29 is 9.84 Å². The third-order valence-electron chi connectivity index (χ3n) is 3.68. The summed E-state index contributed by atoms with van der Waals surface area (Å²) in [6.45, 7) is 0. The molecule has 1 N–H and O–H groups in total. The second-order valence-electron chi connectivity index (χ2n) is 4.87. The lowest BCUT2D eigenvalue weighted by Crippen LogP contribution is -2.11. The minimum atomic E-state index is -0.420. The van der Waals surface area contributed by atoms with Gasteiger partial charge in [-0.1, -0.05) is 32.1 Å². The first-order chi connectivity index (χ1) is 8.31. The summed E-state index contributed by atoms with van der Waals surface area (Å²) in [4.78, 5) is 4.01. The van der Waals surface area contributed by atoms with E-state index in [-0.39, 0.29) is 0 Å². The summed E-state index contributed by atoms with van der Waals surface area (Å²) in [5, 5.41) is 10.3. The number of aliphatic hydroxyl groups is 1. The molecule has 0 aromatic carbocycles. The maximum absolute atomic E-state index is 10.3. The molecule has 0 radical (unpaired) electrons. The molecule has 1 aliphatic rings. The zero-order valence-corrected chi connectivity index (χ0v) is 10.4. The van der Waals surface area contributed by atoms with Crippen LogP contribution in [0.15, 0.2) is 18.5 Å². The van der Waals surface area contributed by atoms with Crippen LogP contribution in [-0.4, -0.2) is 17.2 Å². The lowest BCUT2D eigenvalue weighted by Gasteiger charge is -2.24. The minimum absolute atomic E-state index is 0.420. The molecule has 0 bridgehead atoms. The second kappa shape index (κ2) is 6.01. The maximum Gasteiger partial charge on any atom is 0.142 e. The van der Waals surface area contributed by atoms with Crippen molar-refractivity contribution in [3.8, 4) is 5.75 Å². The summed E-state index contributed by atoms with van der Waals surface area (Å²) in [7, 11) is 1.62. The number of rotatable bonds is 4. The zero-order valence-electron chi connectivity index (χ0n) is 10.4. The van der Waals surface area contributed by atoms with Gasteiger partial charge in [-0.15, -0.1) is 0 Å². The topological polar surface area (TPSA) is 42.4 Å². The molecule has 1 heterocycles. The average Bonchev–Trinajstić information content (AvgIpc) is 2.40. The van der Waals surface area contributed by atoms with Crippen molar-refractivity contribution in [1.82, 2.24) is 4.98 Å². The lowest BCUT2D eigenvalue weighted by atomic mass is 9.84. The summed E-state index contributed by atoms with van der Waals surface area (Å²) in [6, 6.07) is 1.85. The molecule has 0 amide bonds. The number of nitrogens with zero attached hydrogens (tertiary/aromatic N) is 1. The van der Waals surface area contributed by atoms with E-state index in [9.17, 15) is 5.11 Å². The standard InChI is InChI=1S/C14H21NO2/c1-17-14-10-15-8-7-12(14)13(16)9-11-5-3-2-4-6-11/h7-8,10-11,13,16H,2-6,9H2,1H3. The fraction of sp³-hybridized carbons (Fsp3) is 0.643. The monoisotopic (exact) mass is 235 g/mol. The van der Waals surface area contributed by atoms with Crippen molar-refractivity contribution in [2.45, 2.75) is 44.6 Å². The number of hydrogen-bond acceptors (Lipinski definition) is 3. The second-order valence-corrected chi connectivity index (χ2v) is 4.87. The van der Waals surface area contributed by atoms with E-state index in [1.54, 1.807) is 19.5 Å². The van der Waals surface area contributed by atoms with E-state index in [0.717, 1.165) is 12.0 Å². The fourth-order valence-corrected chi connectivity index (χ4v) is 2.70. The third-order valence-corrected chi connectivity index (χ3v) is 3.68. The van der Waals surface area contributed by atoms with Gasteiger partial charge in [-0.25, -0.2) is 0 Å². The lowest BCUT2D eigenvalue weighted by molar-refractivity contribution is 0.128. The Balaban J connectivity index is 2.00. The van der Waals surface area contributed by atoms with E-state index in [4.69, 9.17) is 4.74 Å². The normalized spacial score (nSPS) is 18.9. The molecule has 1 aliphatic carbocycles. The van der Waals surface area contributed by atoms with Gasteiger partial charge < -0.3 is 9.84 Å². The summed E-state index contributed by atoms with van der Waals surface area (Å²) in [6.07, 6.45) is 10.3. The maximum atomic E-state index is 10.3. The van der Waals surface area contributed by atoms with Crippen molar-refractivity contribution in [3.05, 3.63) is 24.0 Å². The van der Waals surface area contributed by atoms with Crippen LogP contribution in [0.3, 0.4) is 0 Å². The molecule has 3 heteroatoms. The van der Waals surface area contributed by atoms with Crippen LogP contribution in [0.1, 0.15) is 50.2 Å². The van der Waals surface area contributed by atoms with Crippen LogP contribution in [-0.2, 0) is 0 Å². The molecular formula is C14H21NO2. The van der Waals surface area contributed by atoms with Crippen LogP contribution >= 0.6 is 0 Å². The van der Waals surface area contributed by atoms with Gasteiger partial charge in [0.2, 0.25) is 0 Å². The molecule has 2 rings (SSSR count). The SMILES string of the molecule is COc1cnccc1C(O)CC1CCCCC1. The van der Waals surface area contributed by atoms with Gasteiger partial charge in [0.15, 0.2) is 0 Å². The molecule has 1 aromatic heterocycles. The molecule has 0 spiro atoms. The summed E-state index contributed by atoms with van der Waals surface area (Å²) >= 11 is 0. The Bertz CT molecular complexity index is 348. The number of methoxy groups -OCH3 is 1. The first-order valence-electron chi connectivity index (χ1n) is 6.47. The highest BCUT2D eigenvalue weighted by atomic mass is 16.5. The van der Waals surface area contributed by atoms with Crippen LogP contribution in [0.25, 0.3) is 0 Å². The molecule has 1 unspecified atom stereocenters. The predicted octanol–water partition coefficient (Wildman–Crippen LogP) is 3.09. The first-order valence-corrected chi connectivity index (χ1v) is 6.47. The smallest absolute Gasteiger partial charge is 0.142 e. The van der Waals surface area contributed by atoms with Crippen LogP contribution in [0.2, 0.25) is 0 Å². The van der Waals surface area contributed by atoms with Crippen molar-refractivity contribution in [3.63, 3.8) is 0 Å². The molecule has 17 heavy (non-hydrogen) atoms. The van der Waals surface area contributed by atoms with Gasteiger partial charge in [0.25, 0.3) is 0 Å². The molecule has 1 saturated carbocycles. The van der Waals surface area contributed by atoms with E-state index < -0.39 is 6.10 Å². The Morgan fingerprint density at radius 2 is 2.18 bits per heavy atom. The highest BCUT2D eigenvalue weighted by Crippen LogP contribution is 2.34. The quantitative estimate of drug-likeness (QED) is 0.872. The number of ether oxygens (including phenoxy) is 1. The zero-order chi connectivity index (χ0) is 12.1. The van der Waals surface area contributed by atoms with Gasteiger partial charge in [-0.3, -0.25) is 4.98 Å². The van der Waals surface area contributed by atoms with Crippen molar-refractivity contribution >= 4 is 0 Å². The third kappa shape index (κ3) is 3.19. The Kier molecular flexibility index (Phi) is 4.37. The fourth-order valence-electron chi connectivity index (χ4n) is 2.70. The molecule has 1 fully saturated rings. The average molecular weight is 235 g/mol. The van der Waals surface area contributed by atoms with E-state index in [0.29, 0.717) is 11.7 Å². The van der Waals surface area contributed by atoms with Gasteiger partial charge in [0.05, 0.1) is 19.4 Å². The Morgan fingerprint density at radius 1 is 1.41 bits per heavy atom. The number of aliphatic hydroxyl groups excluding tert-OH is 1. The van der Waals surface area contributed by atoms with Gasteiger partial charge in [-0.2, -0.15) is 0 Å². The Morgan fingerprint density at radius 3 is 2.88 bits per heavy atom. The number of pyridine rings is 1. The molecule has 0 saturated heterocycles. The Hall–Kier alpha value is -1.09. The predicted molar refractivity (Wildman–Crippen MR) is 66.9 cm³/mol. The molecule has 1 aromatic rings. The summed E-state index contributed by atoms with van der Waals surface area (Å²) < 4.78 is 5.23.